The average Bonchev–Trinajstić information content (AvgIpc) is 1.81. The van der Waals surface area contributed by atoms with Gasteiger partial charge in [0.15, 0.2) is 0 Å². The van der Waals surface area contributed by atoms with Crippen molar-refractivity contribution in [1.29, 1.82) is 0 Å². The Labute approximate surface area is 77.6 Å². The van der Waals surface area contributed by atoms with E-state index in [0.717, 1.165) is 0 Å². The Kier molecular flexibility index (Phi) is 10.6. The molecule has 0 bridgehead atoms. The topological polar surface area (TPSA) is 46.5 Å². The highest BCUT2D eigenvalue weighted by Crippen LogP contribution is 2.12. The predicted molar refractivity (Wildman–Crippen MR) is 49.0 cm³/mol. The fraction of sp³-hybridized carbons (Fsp3) is 0.857. The van der Waals surface area contributed by atoms with Gasteiger partial charge in [0.1, 0.15) is 6.61 Å². The molecule has 0 aliphatic heterocycles. The van der Waals surface area contributed by atoms with Gasteiger partial charge in [-0.2, -0.15) is 0 Å². The lowest BCUT2D eigenvalue weighted by Gasteiger charge is -2.16. The molecule has 66 valence electrons. The van der Waals surface area contributed by atoms with Crippen molar-refractivity contribution in [2.75, 3.05) is 13.2 Å². The SMILES string of the molecule is CC(C)(C)COC(=O)CO.[B].[B]. The summed E-state index contributed by atoms with van der Waals surface area (Å²) >= 11 is 0. The number of ether oxygens (including phenoxy) is 1. The maximum absolute atomic E-state index is 10.4. The molecule has 0 amide bonds. The normalized spacial score (nSPS) is 9.33. The molecule has 5 heteroatoms. The molecule has 0 unspecified atom stereocenters. The minimum Gasteiger partial charge on any atom is -0.463 e. The molecule has 0 aromatic carbocycles. The number of hydrogen-bond donors (Lipinski definition) is 1. The van der Waals surface area contributed by atoms with Gasteiger partial charge in [-0.15, -0.1) is 0 Å². The maximum Gasteiger partial charge on any atom is 0.331 e. The van der Waals surface area contributed by atoms with Crippen LogP contribution in [0.5, 0.6) is 0 Å². The monoisotopic (exact) mass is 168 g/mol. The first-order valence-electron chi connectivity index (χ1n) is 3.22. The van der Waals surface area contributed by atoms with Gasteiger partial charge in [0.25, 0.3) is 0 Å². The van der Waals surface area contributed by atoms with Gasteiger partial charge in [0.05, 0.1) is 6.61 Å². The molecule has 1 N–H and O–H groups in total. The van der Waals surface area contributed by atoms with Crippen molar-refractivity contribution in [2.45, 2.75) is 20.8 Å². The molecule has 0 aromatic heterocycles. The van der Waals surface area contributed by atoms with E-state index < -0.39 is 12.6 Å². The minimum atomic E-state index is -0.560. The number of carbonyl (C=O) groups excluding carboxylic acids is 1. The van der Waals surface area contributed by atoms with Gasteiger partial charge < -0.3 is 9.84 Å². The lowest BCUT2D eigenvalue weighted by Crippen LogP contribution is -2.19. The van der Waals surface area contributed by atoms with E-state index in [9.17, 15) is 4.79 Å². The number of aliphatic hydroxyl groups is 1. The van der Waals surface area contributed by atoms with Gasteiger partial charge in [-0.3, -0.25) is 0 Å². The van der Waals surface area contributed by atoms with Gasteiger partial charge in [0, 0.05) is 16.8 Å². The highest BCUT2D eigenvalue weighted by molar-refractivity contribution is 5.76. The van der Waals surface area contributed by atoms with E-state index in [0.29, 0.717) is 6.61 Å². The first-order valence-corrected chi connectivity index (χ1v) is 3.22. The van der Waals surface area contributed by atoms with E-state index >= 15 is 0 Å². The highest BCUT2D eigenvalue weighted by atomic mass is 16.5. The van der Waals surface area contributed by atoms with Crippen molar-refractivity contribution >= 4 is 22.8 Å². The second-order valence-electron chi connectivity index (χ2n) is 3.38. The summed E-state index contributed by atoms with van der Waals surface area (Å²) in [6.45, 7) is 5.69. The summed E-state index contributed by atoms with van der Waals surface area (Å²) in [4.78, 5) is 10.4. The molecular weight excluding hydrogens is 154 g/mol. The number of esters is 1. The summed E-state index contributed by atoms with van der Waals surface area (Å²) in [5, 5.41) is 8.26. The number of rotatable bonds is 2. The molecule has 0 saturated carbocycles. The van der Waals surface area contributed by atoms with Crippen molar-refractivity contribution in [2.24, 2.45) is 5.41 Å². The van der Waals surface area contributed by atoms with Crippen LogP contribution in [-0.2, 0) is 9.53 Å². The molecule has 0 atom stereocenters. The zero-order valence-electron chi connectivity index (χ0n) is 7.83. The Morgan fingerprint density at radius 1 is 1.33 bits per heavy atom. The Morgan fingerprint density at radius 2 is 1.75 bits per heavy atom. The zero-order chi connectivity index (χ0) is 8.20. The zero-order valence-corrected chi connectivity index (χ0v) is 7.83. The maximum atomic E-state index is 10.4. The molecule has 0 heterocycles. The average molecular weight is 168 g/mol. The van der Waals surface area contributed by atoms with Crippen molar-refractivity contribution in [1.82, 2.24) is 0 Å². The molecule has 3 nitrogen and oxygen atoms in total. The Bertz CT molecular complexity index is 120. The predicted octanol–water partition coefficient (Wildman–Crippen LogP) is -0.194. The quantitative estimate of drug-likeness (QED) is 0.458. The molecule has 0 spiro atoms. The highest BCUT2D eigenvalue weighted by Gasteiger charge is 2.12. The van der Waals surface area contributed by atoms with Crippen LogP contribution in [0.3, 0.4) is 0 Å². The van der Waals surface area contributed by atoms with Crippen LogP contribution in [0, 0.1) is 5.41 Å². The molecule has 6 radical (unpaired) electrons. The molecule has 0 rings (SSSR count). The van der Waals surface area contributed by atoms with E-state index in [1.807, 2.05) is 20.8 Å². The van der Waals surface area contributed by atoms with Gasteiger partial charge in [0.2, 0.25) is 0 Å². The molecular formula is C7H14B2O3. The van der Waals surface area contributed by atoms with Crippen LogP contribution >= 0.6 is 0 Å². The summed E-state index contributed by atoms with van der Waals surface area (Å²) in [5.41, 5.74) is -0.0230. The fourth-order valence-corrected chi connectivity index (χ4v) is 0.343. The van der Waals surface area contributed by atoms with Crippen LogP contribution < -0.4 is 0 Å². The van der Waals surface area contributed by atoms with Crippen LogP contribution in [0.15, 0.2) is 0 Å². The van der Waals surface area contributed by atoms with Crippen LogP contribution in [-0.4, -0.2) is 41.1 Å². The van der Waals surface area contributed by atoms with Crippen LogP contribution in [0.2, 0.25) is 0 Å². The first-order chi connectivity index (χ1) is 4.45. The summed E-state index contributed by atoms with van der Waals surface area (Å²) in [6.07, 6.45) is 0. The molecule has 0 aromatic rings. The van der Waals surface area contributed by atoms with E-state index in [1.54, 1.807) is 0 Å². The Balaban J connectivity index is -0.000000405. The third kappa shape index (κ3) is 12.3. The van der Waals surface area contributed by atoms with Gasteiger partial charge in [-0.05, 0) is 5.41 Å². The number of carbonyl (C=O) groups is 1. The fourth-order valence-electron chi connectivity index (χ4n) is 0.343. The lowest BCUT2D eigenvalue weighted by atomic mass is 9.99. The molecule has 0 saturated heterocycles. The second kappa shape index (κ2) is 7.22. The summed E-state index contributed by atoms with van der Waals surface area (Å²) in [5.74, 6) is -0.560. The van der Waals surface area contributed by atoms with E-state index in [-0.39, 0.29) is 22.2 Å². The number of aliphatic hydroxyl groups excluding tert-OH is 1. The van der Waals surface area contributed by atoms with Gasteiger partial charge in [-0.1, -0.05) is 20.8 Å². The third-order valence-electron chi connectivity index (χ3n) is 0.795. The second-order valence-corrected chi connectivity index (χ2v) is 3.38. The molecule has 0 aliphatic rings. The Morgan fingerprint density at radius 3 is 2.00 bits per heavy atom. The van der Waals surface area contributed by atoms with Crippen LogP contribution in [0.4, 0.5) is 0 Å². The summed E-state index contributed by atoms with van der Waals surface area (Å²) in [6, 6.07) is 0. The summed E-state index contributed by atoms with van der Waals surface area (Å²) < 4.78 is 4.67. The van der Waals surface area contributed by atoms with Gasteiger partial charge in [-0.25, -0.2) is 4.79 Å². The minimum absolute atomic E-state index is 0. The molecule has 0 aliphatic carbocycles. The van der Waals surface area contributed by atoms with Crippen molar-refractivity contribution < 1.29 is 14.6 Å². The lowest BCUT2D eigenvalue weighted by molar-refractivity contribution is -0.149. The smallest absolute Gasteiger partial charge is 0.331 e. The van der Waals surface area contributed by atoms with Crippen LogP contribution in [0.25, 0.3) is 0 Å². The molecule has 12 heavy (non-hydrogen) atoms. The largest absolute Gasteiger partial charge is 0.463 e. The standard InChI is InChI=1S/C7H14O3.2B/c1-7(2,3)5-10-6(9)4-8;;/h8H,4-5H2,1-3H3;;. The van der Waals surface area contributed by atoms with Crippen molar-refractivity contribution in [3.63, 3.8) is 0 Å². The summed E-state index contributed by atoms with van der Waals surface area (Å²) in [7, 11) is 0. The first kappa shape index (κ1) is 17.6. The van der Waals surface area contributed by atoms with Crippen molar-refractivity contribution in [3.8, 4) is 0 Å². The van der Waals surface area contributed by atoms with E-state index in [2.05, 4.69) is 4.74 Å². The Hall–Kier alpha value is -0.440. The van der Waals surface area contributed by atoms with E-state index in [4.69, 9.17) is 5.11 Å². The van der Waals surface area contributed by atoms with E-state index in [1.165, 1.54) is 0 Å². The number of hydrogen-bond acceptors (Lipinski definition) is 3. The molecule has 0 fully saturated rings. The van der Waals surface area contributed by atoms with Crippen LogP contribution in [0.1, 0.15) is 20.8 Å². The van der Waals surface area contributed by atoms with Gasteiger partial charge >= 0.3 is 5.97 Å². The van der Waals surface area contributed by atoms with Crippen molar-refractivity contribution in [3.05, 3.63) is 0 Å². The third-order valence-corrected chi connectivity index (χ3v) is 0.795.